The van der Waals surface area contributed by atoms with Gasteiger partial charge in [-0.3, -0.25) is 0 Å². The lowest BCUT2D eigenvalue weighted by Gasteiger charge is -2.12. The predicted molar refractivity (Wildman–Crippen MR) is 77.5 cm³/mol. The molecule has 6 nitrogen and oxygen atoms in total. The molecule has 0 saturated carbocycles. The number of hydrogen-bond donors (Lipinski definition) is 1. The van der Waals surface area contributed by atoms with Crippen LogP contribution in [0.5, 0.6) is 5.75 Å². The monoisotopic (exact) mass is 289 g/mol. The van der Waals surface area contributed by atoms with Crippen LogP contribution in [0.25, 0.3) is 0 Å². The highest BCUT2D eigenvalue weighted by Crippen LogP contribution is 2.22. The van der Waals surface area contributed by atoms with Gasteiger partial charge in [0.1, 0.15) is 18.1 Å². The number of benzene rings is 1. The maximum atomic E-state index is 11.2. The Balaban J connectivity index is 2.24. The fourth-order valence-corrected chi connectivity index (χ4v) is 2.06. The van der Waals surface area contributed by atoms with Crippen molar-refractivity contribution in [3.05, 3.63) is 40.7 Å². The molecule has 0 bridgehead atoms. The van der Waals surface area contributed by atoms with E-state index in [4.69, 9.17) is 4.74 Å². The smallest absolute Gasteiger partial charge is 0.358 e. The fourth-order valence-electron chi connectivity index (χ4n) is 2.06. The second kappa shape index (κ2) is 6.39. The SMILES string of the molecule is CCCn1nnc(C(=O)O)c1COc1cccc(C)c1C. The van der Waals surface area contributed by atoms with Crippen molar-refractivity contribution in [3.8, 4) is 5.75 Å². The Bertz CT molecular complexity index is 650. The van der Waals surface area contributed by atoms with E-state index in [2.05, 4.69) is 10.3 Å². The van der Waals surface area contributed by atoms with Crippen LogP contribution >= 0.6 is 0 Å². The molecule has 1 heterocycles. The van der Waals surface area contributed by atoms with Crippen molar-refractivity contribution in [3.63, 3.8) is 0 Å². The van der Waals surface area contributed by atoms with Crippen LogP contribution < -0.4 is 4.74 Å². The van der Waals surface area contributed by atoms with Crippen LogP contribution in [0.15, 0.2) is 18.2 Å². The fraction of sp³-hybridized carbons (Fsp3) is 0.400. The standard InChI is InChI=1S/C15H19N3O3/c1-4-8-18-12(14(15(19)20)16-17-18)9-21-13-7-5-6-10(2)11(13)3/h5-7H,4,8-9H2,1-3H3,(H,19,20). The van der Waals surface area contributed by atoms with Crippen molar-refractivity contribution in [2.45, 2.75) is 40.3 Å². The molecule has 0 atom stereocenters. The van der Waals surface area contributed by atoms with Gasteiger partial charge in [0.15, 0.2) is 5.69 Å². The maximum Gasteiger partial charge on any atom is 0.358 e. The lowest BCUT2D eigenvalue weighted by molar-refractivity contribution is 0.0687. The molecule has 21 heavy (non-hydrogen) atoms. The number of carbonyl (C=O) groups is 1. The van der Waals surface area contributed by atoms with Gasteiger partial charge in [0.2, 0.25) is 0 Å². The Labute approximate surface area is 123 Å². The molecule has 0 fully saturated rings. The summed E-state index contributed by atoms with van der Waals surface area (Å²) in [4.78, 5) is 11.2. The van der Waals surface area contributed by atoms with E-state index in [0.29, 0.717) is 12.2 Å². The molecule has 2 aromatic rings. The average molecular weight is 289 g/mol. The van der Waals surface area contributed by atoms with Gasteiger partial charge in [0, 0.05) is 6.54 Å². The largest absolute Gasteiger partial charge is 0.487 e. The molecule has 1 aromatic carbocycles. The van der Waals surface area contributed by atoms with Crippen LogP contribution in [0.4, 0.5) is 0 Å². The zero-order valence-corrected chi connectivity index (χ0v) is 12.5. The molecule has 0 aliphatic rings. The summed E-state index contributed by atoms with van der Waals surface area (Å²) >= 11 is 0. The summed E-state index contributed by atoms with van der Waals surface area (Å²) in [5, 5.41) is 16.8. The number of aromatic nitrogens is 3. The lowest BCUT2D eigenvalue weighted by Crippen LogP contribution is -2.11. The second-order valence-electron chi connectivity index (χ2n) is 4.90. The average Bonchev–Trinajstić information content (AvgIpc) is 2.84. The third kappa shape index (κ3) is 3.21. The second-order valence-corrected chi connectivity index (χ2v) is 4.90. The Kier molecular flexibility index (Phi) is 4.57. The van der Waals surface area contributed by atoms with E-state index in [0.717, 1.165) is 23.3 Å². The summed E-state index contributed by atoms with van der Waals surface area (Å²) in [6.07, 6.45) is 0.846. The highest BCUT2D eigenvalue weighted by Gasteiger charge is 2.19. The van der Waals surface area contributed by atoms with Gasteiger partial charge in [0.05, 0.1) is 0 Å². The van der Waals surface area contributed by atoms with Gasteiger partial charge in [-0.25, -0.2) is 9.48 Å². The molecule has 0 saturated heterocycles. The van der Waals surface area contributed by atoms with Crippen molar-refractivity contribution in [2.24, 2.45) is 0 Å². The van der Waals surface area contributed by atoms with E-state index in [1.165, 1.54) is 0 Å². The van der Waals surface area contributed by atoms with Crippen LogP contribution in [-0.2, 0) is 13.2 Å². The first-order valence-corrected chi connectivity index (χ1v) is 6.89. The van der Waals surface area contributed by atoms with Crippen molar-refractivity contribution in [2.75, 3.05) is 0 Å². The molecule has 0 radical (unpaired) electrons. The number of aromatic carboxylic acids is 1. The Morgan fingerprint density at radius 2 is 2.14 bits per heavy atom. The van der Waals surface area contributed by atoms with Gasteiger partial charge in [-0.2, -0.15) is 0 Å². The summed E-state index contributed by atoms with van der Waals surface area (Å²) in [6.45, 7) is 6.74. The zero-order valence-electron chi connectivity index (χ0n) is 12.5. The summed E-state index contributed by atoms with van der Waals surface area (Å²) in [5.41, 5.74) is 2.62. The Hall–Kier alpha value is -2.37. The van der Waals surface area contributed by atoms with Crippen molar-refractivity contribution in [1.29, 1.82) is 0 Å². The van der Waals surface area contributed by atoms with Crippen LogP contribution in [0, 0.1) is 13.8 Å². The normalized spacial score (nSPS) is 10.6. The molecule has 1 N–H and O–H groups in total. The quantitative estimate of drug-likeness (QED) is 0.884. The van der Waals surface area contributed by atoms with Crippen LogP contribution in [0.3, 0.4) is 0 Å². The summed E-state index contributed by atoms with van der Waals surface area (Å²) in [7, 11) is 0. The number of nitrogens with zero attached hydrogens (tertiary/aromatic N) is 3. The number of carboxylic acids is 1. The van der Waals surface area contributed by atoms with Crippen LogP contribution in [-0.4, -0.2) is 26.1 Å². The Morgan fingerprint density at radius 3 is 2.81 bits per heavy atom. The topological polar surface area (TPSA) is 77.2 Å². The molecule has 6 heteroatoms. The number of aryl methyl sites for hydroxylation is 2. The highest BCUT2D eigenvalue weighted by atomic mass is 16.5. The first-order valence-electron chi connectivity index (χ1n) is 6.89. The minimum atomic E-state index is -1.09. The van der Waals surface area contributed by atoms with Crippen LogP contribution in [0.2, 0.25) is 0 Å². The number of rotatable bonds is 6. The minimum Gasteiger partial charge on any atom is -0.487 e. The molecule has 0 unspecified atom stereocenters. The first-order chi connectivity index (χ1) is 10.0. The molecule has 0 spiro atoms. The van der Waals surface area contributed by atoms with E-state index in [1.54, 1.807) is 4.68 Å². The molecule has 112 valence electrons. The van der Waals surface area contributed by atoms with Crippen LogP contribution in [0.1, 0.15) is 40.7 Å². The van der Waals surface area contributed by atoms with Gasteiger partial charge >= 0.3 is 5.97 Å². The summed E-state index contributed by atoms with van der Waals surface area (Å²) in [6, 6.07) is 5.79. The molecule has 1 aromatic heterocycles. The Morgan fingerprint density at radius 1 is 1.38 bits per heavy atom. The minimum absolute atomic E-state index is 0.0474. The van der Waals surface area contributed by atoms with Gasteiger partial charge in [-0.1, -0.05) is 24.3 Å². The van der Waals surface area contributed by atoms with E-state index in [1.807, 2.05) is 39.0 Å². The molecule has 0 aliphatic carbocycles. The van der Waals surface area contributed by atoms with Crippen molar-refractivity contribution < 1.29 is 14.6 Å². The summed E-state index contributed by atoms with van der Waals surface area (Å²) in [5.74, 6) is -0.340. The predicted octanol–water partition coefficient (Wildman–Crippen LogP) is 2.58. The van der Waals surface area contributed by atoms with Gasteiger partial charge in [-0.15, -0.1) is 5.10 Å². The molecular weight excluding hydrogens is 270 g/mol. The van der Waals surface area contributed by atoms with Gasteiger partial charge < -0.3 is 9.84 Å². The van der Waals surface area contributed by atoms with E-state index >= 15 is 0 Å². The number of hydrogen-bond acceptors (Lipinski definition) is 4. The highest BCUT2D eigenvalue weighted by molar-refractivity contribution is 5.86. The lowest BCUT2D eigenvalue weighted by atomic mass is 10.1. The molecule has 2 rings (SSSR count). The number of ether oxygens (including phenoxy) is 1. The summed E-state index contributed by atoms with van der Waals surface area (Å²) < 4.78 is 7.37. The van der Waals surface area contributed by atoms with Gasteiger partial charge in [-0.05, 0) is 37.5 Å². The third-order valence-corrected chi connectivity index (χ3v) is 3.39. The van der Waals surface area contributed by atoms with Crippen molar-refractivity contribution >= 4 is 5.97 Å². The van der Waals surface area contributed by atoms with E-state index < -0.39 is 5.97 Å². The number of carboxylic acid groups (broad SMARTS) is 1. The zero-order chi connectivity index (χ0) is 15.4. The van der Waals surface area contributed by atoms with Crippen molar-refractivity contribution in [1.82, 2.24) is 15.0 Å². The molecule has 0 aliphatic heterocycles. The third-order valence-electron chi connectivity index (χ3n) is 3.39. The molecule has 0 amide bonds. The molecular formula is C15H19N3O3. The van der Waals surface area contributed by atoms with E-state index in [-0.39, 0.29) is 12.3 Å². The maximum absolute atomic E-state index is 11.2. The van der Waals surface area contributed by atoms with E-state index in [9.17, 15) is 9.90 Å². The van der Waals surface area contributed by atoms with Gasteiger partial charge in [0.25, 0.3) is 0 Å². The first kappa shape index (κ1) is 15.0.